The van der Waals surface area contributed by atoms with Crippen molar-refractivity contribution in [2.24, 2.45) is 0 Å². The summed E-state index contributed by atoms with van der Waals surface area (Å²) >= 11 is 0. The summed E-state index contributed by atoms with van der Waals surface area (Å²) in [6.07, 6.45) is 1.75. The summed E-state index contributed by atoms with van der Waals surface area (Å²) in [5.41, 5.74) is 1.78. The van der Waals surface area contributed by atoms with Crippen LogP contribution in [0.25, 0.3) is 0 Å². The lowest BCUT2D eigenvalue weighted by atomic mass is 10.1. The average Bonchev–Trinajstić information content (AvgIpc) is 2.64. The van der Waals surface area contributed by atoms with E-state index in [0.29, 0.717) is 36.8 Å². The van der Waals surface area contributed by atoms with Gasteiger partial charge in [-0.05, 0) is 48.7 Å². The number of carbonyl (C=O) groups excluding carboxylic acids is 1. The van der Waals surface area contributed by atoms with Crippen molar-refractivity contribution in [3.8, 4) is 17.2 Å². The van der Waals surface area contributed by atoms with Gasteiger partial charge in [0.15, 0.2) is 11.5 Å². The van der Waals surface area contributed by atoms with Gasteiger partial charge in [0.05, 0.1) is 7.11 Å². The number of aryl methyl sites for hydroxylation is 1. The van der Waals surface area contributed by atoms with E-state index in [0.717, 1.165) is 18.6 Å². The molecule has 0 bridgehead atoms. The molecule has 5 heteroatoms. The fraction of sp³-hybridized carbons (Fsp3) is 0.316. The molecule has 0 saturated heterocycles. The highest BCUT2D eigenvalue weighted by molar-refractivity contribution is 5.94. The predicted molar refractivity (Wildman–Crippen MR) is 91.1 cm³/mol. The van der Waals surface area contributed by atoms with Crippen molar-refractivity contribution in [2.45, 2.75) is 12.8 Å². The standard InChI is InChI=1S/C19H21NO4/c1-22-16-6-2-4-14(12-16)5-3-9-20-19(21)15-7-8-17-18(13-15)24-11-10-23-17/h2,4,6-8,12-13H,3,5,9-11H2,1H3,(H,20,21). The Labute approximate surface area is 141 Å². The molecule has 0 atom stereocenters. The van der Waals surface area contributed by atoms with E-state index < -0.39 is 0 Å². The Bertz CT molecular complexity index is 714. The van der Waals surface area contributed by atoms with Gasteiger partial charge in [-0.25, -0.2) is 0 Å². The molecule has 1 aliphatic heterocycles. The number of carbonyl (C=O) groups is 1. The zero-order chi connectivity index (χ0) is 16.8. The first kappa shape index (κ1) is 16.2. The van der Waals surface area contributed by atoms with Gasteiger partial charge < -0.3 is 19.5 Å². The number of benzene rings is 2. The molecule has 0 aromatic heterocycles. The lowest BCUT2D eigenvalue weighted by molar-refractivity contribution is 0.0952. The van der Waals surface area contributed by atoms with E-state index >= 15 is 0 Å². The molecule has 5 nitrogen and oxygen atoms in total. The van der Waals surface area contributed by atoms with Crippen LogP contribution in [0.4, 0.5) is 0 Å². The quantitative estimate of drug-likeness (QED) is 0.829. The summed E-state index contributed by atoms with van der Waals surface area (Å²) < 4.78 is 16.2. The monoisotopic (exact) mass is 327 g/mol. The van der Waals surface area contributed by atoms with E-state index in [2.05, 4.69) is 11.4 Å². The van der Waals surface area contributed by atoms with Crippen molar-refractivity contribution < 1.29 is 19.0 Å². The Balaban J connectivity index is 1.48. The van der Waals surface area contributed by atoms with Crippen LogP contribution in [-0.2, 0) is 6.42 Å². The van der Waals surface area contributed by atoms with Gasteiger partial charge in [0, 0.05) is 12.1 Å². The Morgan fingerprint density at radius 1 is 1.12 bits per heavy atom. The first-order valence-electron chi connectivity index (χ1n) is 8.07. The molecule has 1 heterocycles. The second-order valence-electron chi connectivity index (χ2n) is 5.57. The number of rotatable bonds is 6. The zero-order valence-electron chi connectivity index (χ0n) is 13.7. The molecule has 24 heavy (non-hydrogen) atoms. The van der Waals surface area contributed by atoms with Crippen LogP contribution >= 0.6 is 0 Å². The van der Waals surface area contributed by atoms with Crippen molar-refractivity contribution in [3.05, 3.63) is 53.6 Å². The molecule has 0 saturated carbocycles. The Kier molecular flexibility index (Phi) is 5.21. The van der Waals surface area contributed by atoms with E-state index in [9.17, 15) is 4.79 Å². The van der Waals surface area contributed by atoms with Crippen LogP contribution in [0.1, 0.15) is 22.3 Å². The van der Waals surface area contributed by atoms with Gasteiger partial charge in [0.1, 0.15) is 19.0 Å². The van der Waals surface area contributed by atoms with Gasteiger partial charge in [0.2, 0.25) is 0 Å². The molecule has 3 rings (SSSR count). The molecule has 0 aliphatic carbocycles. The topological polar surface area (TPSA) is 56.8 Å². The summed E-state index contributed by atoms with van der Waals surface area (Å²) in [6.45, 7) is 1.67. The number of hydrogen-bond donors (Lipinski definition) is 1. The number of amides is 1. The fourth-order valence-corrected chi connectivity index (χ4v) is 2.61. The third kappa shape index (κ3) is 3.98. The lowest BCUT2D eigenvalue weighted by Crippen LogP contribution is -2.25. The number of fused-ring (bicyclic) bond motifs is 1. The highest BCUT2D eigenvalue weighted by Crippen LogP contribution is 2.30. The molecule has 1 aliphatic rings. The largest absolute Gasteiger partial charge is 0.497 e. The number of ether oxygens (including phenoxy) is 3. The molecule has 0 spiro atoms. The minimum Gasteiger partial charge on any atom is -0.497 e. The Hall–Kier alpha value is -2.69. The number of methoxy groups -OCH3 is 1. The molecule has 126 valence electrons. The summed E-state index contributed by atoms with van der Waals surface area (Å²) in [6, 6.07) is 13.2. The van der Waals surface area contributed by atoms with Gasteiger partial charge in [0.25, 0.3) is 5.91 Å². The van der Waals surface area contributed by atoms with Crippen molar-refractivity contribution in [3.63, 3.8) is 0 Å². The van der Waals surface area contributed by atoms with Crippen molar-refractivity contribution in [2.75, 3.05) is 26.9 Å². The van der Waals surface area contributed by atoms with Crippen LogP contribution in [0, 0.1) is 0 Å². The predicted octanol–water partition coefficient (Wildman–Crippen LogP) is 2.83. The van der Waals surface area contributed by atoms with Crippen molar-refractivity contribution in [1.82, 2.24) is 5.32 Å². The summed E-state index contributed by atoms with van der Waals surface area (Å²) in [5, 5.41) is 2.94. The van der Waals surface area contributed by atoms with Gasteiger partial charge >= 0.3 is 0 Å². The zero-order valence-corrected chi connectivity index (χ0v) is 13.7. The normalized spacial score (nSPS) is 12.5. The number of nitrogens with one attached hydrogen (secondary N) is 1. The summed E-state index contributed by atoms with van der Waals surface area (Å²) in [4.78, 5) is 12.2. The smallest absolute Gasteiger partial charge is 0.251 e. The SMILES string of the molecule is COc1cccc(CCCNC(=O)c2ccc3c(c2)OCCO3)c1. The fourth-order valence-electron chi connectivity index (χ4n) is 2.61. The highest BCUT2D eigenvalue weighted by atomic mass is 16.6. The first-order valence-corrected chi connectivity index (χ1v) is 8.07. The van der Waals surface area contributed by atoms with Crippen LogP contribution < -0.4 is 19.5 Å². The third-order valence-electron chi connectivity index (χ3n) is 3.87. The van der Waals surface area contributed by atoms with Crippen molar-refractivity contribution in [1.29, 1.82) is 0 Å². The van der Waals surface area contributed by atoms with Gasteiger partial charge in [-0.2, -0.15) is 0 Å². The Morgan fingerprint density at radius 3 is 2.79 bits per heavy atom. The Morgan fingerprint density at radius 2 is 1.96 bits per heavy atom. The minimum absolute atomic E-state index is 0.0994. The third-order valence-corrected chi connectivity index (χ3v) is 3.87. The maximum atomic E-state index is 12.2. The second-order valence-corrected chi connectivity index (χ2v) is 5.57. The first-order chi connectivity index (χ1) is 11.8. The van der Waals surface area contributed by atoms with Gasteiger partial charge in [-0.3, -0.25) is 4.79 Å². The molecular formula is C19H21NO4. The summed E-state index contributed by atoms with van der Waals surface area (Å²) in [5.74, 6) is 2.08. The maximum Gasteiger partial charge on any atom is 0.251 e. The lowest BCUT2D eigenvalue weighted by Gasteiger charge is -2.18. The molecule has 0 fully saturated rings. The van der Waals surface area contributed by atoms with Crippen LogP contribution in [0.5, 0.6) is 17.2 Å². The molecule has 1 amide bonds. The minimum atomic E-state index is -0.0994. The molecule has 0 unspecified atom stereocenters. The van der Waals surface area contributed by atoms with Gasteiger partial charge in [-0.15, -0.1) is 0 Å². The van der Waals surface area contributed by atoms with E-state index in [1.54, 1.807) is 25.3 Å². The number of hydrogen-bond acceptors (Lipinski definition) is 4. The van der Waals surface area contributed by atoms with E-state index in [1.807, 2.05) is 18.2 Å². The molecule has 2 aromatic rings. The van der Waals surface area contributed by atoms with Crippen molar-refractivity contribution >= 4 is 5.91 Å². The van der Waals surface area contributed by atoms with Crippen LogP contribution in [0.3, 0.4) is 0 Å². The maximum absolute atomic E-state index is 12.2. The molecule has 2 aromatic carbocycles. The molecule has 1 N–H and O–H groups in total. The average molecular weight is 327 g/mol. The van der Waals surface area contributed by atoms with Crippen LogP contribution in [0.15, 0.2) is 42.5 Å². The van der Waals surface area contributed by atoms with Crippen LogP contribution in [-0.4, -0.2) is 32.8 Å². The second kappa shape index (κ2) is 7.73. The van der Waals surface area contributed by atoms with Crippen LogP contribution in [0.2, 0.25) is 0 Å². The summed E-state index contributed by atoms with van der Waals surface area (Å²) in [7, 11) is 1.66. The highest BCUT2D eigenvalue weighted by Gasteiger charge is 2.14. The van der Waals surface area contributed by atoms with E-state index in [4.69, 9.17) is 14.2 Å². The molecular weight excluding hydrogens is 306 g/mol. The van der Waals surface area contributed by atoms with E-state index in [1.165, 1.54) is 5.56 Å². The van der Waals surface area contributed by atoms with E-state index in [-0.39, 0.29) is 5.91 Å². The molecule has 0 radical (unpaired) electrons. The van der Waals surface area contributed by atoms with Gasteiger partial charge in [-0.1, -0.05) is 12.1 Å².